The highest BCUT2D eigenvalue weighted by atomic mass is 16.1. The van der Waals surface area contributed by atoms with Crippen LogP contribution in [-0.4, -0.2) is 22.1 Å². The second kappa shape index (κ2) is 4.57. The van der Waals surface area contributed by atoms with Crippen LogP contribution in [0, 0.1) is 5.41 Å². The van der Waals surface area contributed by atoms with E-state index >= 15 is 0 Å². The van der Waals surface area contributed by atoms with Crippen molar-refractivity contribution >= 4 is 5.78 Å². The van der Waals surface area contributed by atoms with Gasteiger partial charge < -0.3 is 5.73 Å². The predicted molar refractivity (Wildman–Crippen MR) is 59.4 cm³/mol. The third-order valence-electron chi connectivity index (χ3n) is 3.01. The largest absolute Gasteiger partial charge is 0.329 e. The van der Waals surface area contributed by atoms with E-state index in [1.807, 2.05) is 33.2 Å². The van der Waals surface area contributed by atoms with Gasteiger partial charge >= 0.3 is 0 Å². The summed E-state index contributed by atoms with van der Waals surface area (Å²) < 4.78 is 1.70. The van der Waals surface area contributed by atoms with Gasteiger partial charge in [-0.2, -0.15) is 5.10 Å². The van der Waals surface area contributed by atoms with Crippen LogP contribution in [0.4, 0.5) is 0 Å². The van der Waals surface area contributed by atoms with Crippen LogP contribution in [-0.2, 0) is 18.3 Å². The molecule has 4 nitrogen and oxygen atoms in total. The standard InChI is InChI=1S/C11H19N3O/c1-4-11(2,8-12)10(15)7-9-5-6-14(3)13-9/h5-6H,4,7-8,12H2,1-3H3. The molecule has 1 aromatic heterocycles. The average Bonchev–Trinajstić information content (AvgIpc) is 2.62. The Labute approximate surface area is 90.5 Å². The summed E-state index contributed by atoms with van der Waals surface area (Å²) in [5.41, 5.74) is 6.04. The fourth-order valence-corrected chi connectivity index (χ4v) is 1.39. The molecule has 0 radical (unpaired) electrons. The van der Waals surface area contributed by atoms with Crippen molar-refractivity contribution < 1.29 is 4.79 Å². The lowest BCUT2D eigenvalue weighted by molar-refractivity contribution is -0.127. The summed E-state index contributed by atoms with van der Waals surface area (Å²) in [7, 11) is 1.84. The molecule has 0 fully saturated rings. The molecule has 0 aliphatic heterocycles. The molecule has 1 aromatic rings. The Kier molecular flexibility index (Phi) is 3.63. The second-order valence-electron chi connectivity index (χ2n) is 4.20. The minimum Gasteiger partial charge on any atom is -0.329 e. The van der Waals surface area contributed by atoms with Gasteiger partial charge in [-0.15, -0.1) is 0 Å². The fourth-order valence-electron chi connectivity index (χ4n) is 1.39. The molecule has 15 heavy (non-hydrogen) atoms. The predicted octanol–water partition coefficient (Wildman–Crippen LogP) is 0.907. The number of hydrogen-bond donors (Lipinski definition) is 1. The van der Waals surface area contributed by atoms with E-state index in [-0.39, 0.29) is 5.78 Å². The molecule has 1 unspecified atom stereocenters. The molecular weight excluding hydrogens is 190 g/mol. The molecule has 0 saturated carbocycles. The van der Waals surface area contributed by atoms with Crippen LogP contribution in [0.2, 0.25) is 0 Å². The van der Waals surface area contributed by atoms with Gasteiger partial charge in [0.15, 0.2) is 0 Å². The second-order valence-corrected chi connectivity index (χ2v) is 4.20. The topological polar surface area (TPSA) is 60.9 Å². The van der Waals surface area contributed by atoms with Crippen LogP contribution in [0.3, 0.4) is 0 Å². The molecule has 0 spiro atoms. The highest BCUT2D eigenvalue weighted by Crippen LogP contribution is 2.22. The third kappa shape index (κ3) is 2.65. The fraction of sp³-hybridized carbons (Fsp3) is 0.636. The molecule has 1 heterocycles. The maximum absolute atomic E-state index is 12.0. The van der Waals surface area contributed by atoms with Crippen molar-refractivity contribution in [2.24, 2.45) is 18.2 Å². The minimum absolute atomic E-state index is 0.172. The van der Waals surface area contributed by atoms with Gasteiger partial charge in [0, 0.05) is 25.2 Å². The van der Waals surface area contributed by atoms with E-state index in [1.54, 1.807) is 4.68 Å². The number of rotatable bonds is 5. The van der Waals surface area contributed by atoms with E-state index in [0.29, 0.717) is 13.0 Å². The van der Waals surface area contributed by atoms with Gasteiger partial charge in [-0.25, -0.2) is 0 Å². The quantitative estimate of drug-likeness (QED) is 0.784. The van der Waals surface area contributed by atoms with E-state index in [4.69, 9.17) is 5.73 Å². The normalized spacial score (nSPS) is 14.9. The van der Waals surface area contributed by atoms with E-state index in [9.17, 15) is 4.79 Å². The van der Waals surface area contributed by atoms with Crippen molar-refractivity contribution in [3.05, 3.63) is 18.0 Å². The molecule has 1 rings (SSSR count). The molecular formula is C11H19N3O. The number of carbonyl (C=O) groups excluding carboxylic acids is 1. The third-order valence-corrected chi connectivity index (χ3v) is 3.01. The summed E-state index contributed by atoms with van der Waals surface area (Å²) in [5.74, 6) is 0.172. The summed E-state index contributed by atoms with van der Waals surface area (Å²) in [6.07, 6.45) is 2.99. The summed E-state index contributed by atoms with van der Waals surface area (Å²) in [4.78, 5) is 12.0. The minimum atomic E-state index is -0.405. The van der Waals surface area contributed by atoms with Gasteiger partial charge in [0.1, 0.15) is 5.78 Å². The first-order chi connectivity index (χ1) is 7.01. The van der Waals surface area contributed by atoms with Gasteiger partial charge in [0.25, 0.3) is 0 Å². The van der Waals surface area contributed by atoms with Gasteiger partial charge in [0.2, 0.25) is 0 Å². The van der Waals surface area contributed by atoms with E-state index in [2.05, 4.69) is 5.10 Å². The molecule has 0 aromatic carbocycles. The number of nitrogens with zero attached hydrogens (tertiary/aromatic N) is 2. The van der Waals surface area contributed by atoms with E-state index < -0.39 is 5.41 Å². The Bertz CT molecular complexity index is 339. The summed E-state index contributed by atoms with van der Waals surface area (Å²) >= 11 is 0. The molecule has 0 amide bonds. The van der Waals surface area contributed by atoms with Crippen molar-refractivity contribution in [3.8, 4) is 0 Å². The number of carbonyl (C=O) groups is 1. The number of hydrogen-bond acceptors (Lipinski definition) is 3. The van der Waals surface area contributed by atoms with Gasteiger partial charge in [-0.05, 0) is 12.5 Å². The van der Waals surface area contributed by atoms with Crippen LogP contribution < -0.4 is 5.73 Å². The molecule has 1 atom stereocenters. The Morgan fingerprint density at radius 2 is 2.33 bits per heavy atom. The molecule has 84 valence electrons. The molecule has 2 N–H and O–H groups in total. The maximum atomic E-state index is 12.0. The van der Waals surface area contributed by atoms with Crippen LogP contribution in [0.1, 0.15) is 26.0 Å². The van der Waals surface area contributed by atoms with Crippen molar-refractivity contribution in [3.63, 3.8) is 0 Å². The Balaban J connectivity index is 2.70. The van der Waals surface area contributed by atoms with Crippen molar-refractivity contribution in [1.29, 1.82) is 0 Å². The molecule has 0 aliphatic carbocycles. The van der Waals surface area contributed by atoms with Gasteiger partial charge in [-0.1, -0.05) is 13.8 Å². The monoisotopic (exact) mass is 209 g/mol. The summed E-state index contributed by atoms with van der Waals surface area (Å²) in [6.45, 7) is 4.30. The highest BCUT2D eigenvalue weighted by molar-refractivity contribution is 5.86. The smallest absolute Gasteiger partial charge is 0.146 e. The van der Waals surface area contributed by atoms with Gasteiger partial charge in [0.05, 0.1) is 12.1 Å². The van der Waals surface area contributed by atoms with Crippen molar-refractivity contribution in [1.82, 2.24) is 9.78 Å². The van der Waals surface area contributed by atoms with Crippen LogP contribution in [0.25, 0.3) is 0 Å². The van der Waals surface area contributed by atoms with Crippen LogP contribution in [0.5, 0.6) is 0 Å². The maximum Gasteiger partial charge on any atom is 0.146 e. The molecule has 0 aliphatic rings. The zero-order chi connectivity index (χ0) is 11.5. The molecule has 0 bridgehead atoms. The zero-order valence-corrected chi connectivity index (χ0v) is 9.66. The SMILES string of the molecule is CCC(C)(CN)C(=O)Cc1ccn(C)n1. The Hall–Kier alpha value is -1.16. The molecule has 0 saturated heterocycles. The van der Waals surface area contributed by atoms with E-state index in [0.717, 1.165) is 12.1 Å². The van der Waals surface area contributed by atoms with Crippen LogP contribution in [0.15, 0.2) is 12.3 Å². The lowest BCUT2D eigenvalue weighted by Crippen LogP contribution is -2.36. The number of nitrogens with two attached hydrogens (primary N) is 1. The number of Topliss-reactive ketones (excluding diaryl/α,β-unsaturated/α-hetero) is 1. The lowest BCUT2D eigenvalue weighted by Gasteiger charge is -2.23. The van der Waals surface area contributed by atoms with Crippen LogP contribution >= 0.6 is 0 Å². The van der Waals surface area contributed by atoms with Crippen molar-refractivity contribution in [2.75, 3.05) is 6.54 Å². The summed E-state index contributed by atoms with van der Waals surface area (Å²) in [5, 5.41) is 4.19. The average molecular weight is 209 g/mol. The first-order valence-electron chi connectivity index (χ1n) is 5.23. The first kappa shape index (κ1) is 11.9. The lowest BCUT2D eigenvalue weighted by atomic mass is 9.81. The number of aryl methyl sites for hydroxylation is 1. The number of ketones is 1. The van der Waals surface area contributed by atoms with Crippen molar-refractivity contribution in [2.45, 2.75) is 26.7 Å². The van der Waals surface area contributed by atoms with Gasteiger partial charge in [-0.3, -0.25) is 9.48 Å². The van der Waals surface area contributed by atoms with E-state index in [1.165, 1.54) is 0 Å². The highest BCUT2D eigenvalue weighted by Gasteiger charge is 2.29. The Morgan fingerprint density at radius 3 is 2.73 bits per heavy atom. The Morgan fingerprint density at radius 1 is 1.67 bits per heavy atom. The molecule has 4 heteroatoms. The number of aromatic nitrogens is 2. The zero-order valence-electron chi connectivity index (χ0n) is 9.66. The first-order valence-corrected chi connectivity index (χ1v) is 5.23. The summed E-state index contributed by atoms with van der Waals surface area (Å²) in [6, 6.07) is 1.87.